The normalized spacial score (nSPS) is 9.00. The van der Waals surface area contributed by atoms with Gasteiger partial charge in [0.05, 0.1) is 0 Å². The van der Waals surface area contributed by atoms with E-state index in [9.17, 15) is 0 Å². The van der Waals surface area contributed by atoms with Crippen LogP contribution in [0.25, 0.3) is 0 Å². The van der Waals surface area contributed by atoms with E-state index in [2.05, 4.69) is 36.2 Å². The SMILES string of the molecule is BrNNc1cccnn1. The summed E-state index contributed by atoms with van der Waals surface area (Å²) in [6.07, 6.45) is 1.61. The Morgan fingerprint density at radius 3 is 3.00 bits per heavy atom. The lowest BCUT2D eigenvalue weighted by atomic mass is 10.5. The van der Waals surface area contributed by atoms with E-state index >= 15 is 0 Å². The maximum atomic E-state index is 3.71. The van der Waals surface area contributed by atoms with E-state index in [-0.39, 0.29) is 0 Å². The van der Waals surface area contributed by atoms with Crippen LogP contribution in [-0.2, 0) is 0 Å². The molecule has 0 amide bonds. The molecule has 0 saturated heterocycles. The molecule has 0 saturated carbocycles. The first-order chi connectivity index (χ1) is 4.43. The number of aromatic nitrogens is 2. The van der Waals surface area contributed by atoms with Crippen molar-refractivity contribution in [2.75, 3.05) is 5.43 Å². The fourth-order valence-corrected chi connectivity index (χ4v) is 0.620. The highest BCUT2D eigenvalue weighted by Gasteiger charge is 1.85. The third-order valence-electron chi connectivity index (χ3n) is 0.748. The molecule has 0 bridgehead atoms. The van der Waals surface area contributed by atoms with Gasteiger partial charge in [-0.2, -0.15) is 9.55 Å². The zero-order chi connectivity index (χ0) is 6.53. The van der Waals surface area contributed by atoms with E-state index in [4.69, 9.17) is 0 Å². The Morgan fingerprint density at radius 1 is 1.56 bits per heavy atom. The molecule has 1 aromatic heterocycles. The maximum absolute atomic E-state index is 3.71. The number of hydrogen-bond donors (Lipinski definition) is 2. The van der Waals surface area contributed by atoms with Gasteiger partial charge in [-0.3, -0.25) is 5.43 Å². The van der Waals surface area contributed by atoms with Gasteiger partial charge in [0.2, 0.25) is 0 Å². The average Bonchev–Trinajstić information content (AvgIpc) is 1.91. The van der Waals surface area contributed by atoms with Crippen molar-refractivity contribution in [2.24, 2.45) is 0 Å². The summed E-state index contributed by atoms with van der Waals surface area (Å²) in [6.45, 7) is 0. The van der Waals surface area contributed by atoms with Crippen LogP contribution in [0.1, 0.15) is 0 Å². The molecular weight excluding hydrogens is 184 g/mol. The van der Waals surface area contributed by atoms with Crippen LogP contribution < -0.4 is 9.88 Å². The lowest BCUT2D eigenvalue weighted by Gasteiger charge is -1.96. The van der Waals surface area contributed by atoms with Crippen LogP contribution in [0.15, 0.2) is 18.3 Å². The van der Waals surface area contributed by atoms with Gasteiger partial charge in [-0.25, -0.2) is 0 Å². The van der Waals surface area contributed by atoms with Gasteiger partial charge in [-0.15, -0.1) is 5.10 Å². The zero-order valence-electron chi connectivity index (χ0n) is 4.50. The van der Waals surface area contributed by atoms with Crippen molar-refractivity contribution in [3.05, 3.63) is 18.3 Å². The smallest absolute Gasteiger partial charge is 0.163 e. The molecule has 0 aliphatic carbocycles. The molecule has 0 radical (unpaired) electrons. The minimum atomic E-state index is 0.675. The van der Waals surface area contributed by atoms with Gasteiger partial charge in [-0.05, 0) is 12.1 Å². The van der Waals surface area contributed by atoms with Gasteiger partial charge in [0.15, 0.2) is 5.82 Å². The molecule has 5 heteroatoms. The van der Waals surface area contributed by atoms with E-state index in [0.29, 0.717) is 5.82 Å². The van der Waals surface area contributed by atoms with Crippen molar-refractivity contribution >= 4 is 22.0 Å². The van der Waals surface area contributed by atoms with Crippen molar-refractivity contribution in [3.8, 4) is 0 Å². The summed E-state index contributed by atoms with van der Waals surface area (Å²) in [5.41, 5.74) is 2.70. The zero-order valence-corrected chi connectivity index (χ0v) is 6.09. The Kier molecular flexibility index (Phi) is 2.41. The number of hydrogen-bond acceptors (Lipinski definition) is 4. The topological polar surface area (TPSA) is 49.8 Å². The first-order valence-electron chi connectivity index (χ1n) is 2.33. The van der Waals surface area contributed by atoms with Crippen LogP contribution in [0.3, 0.4) is 0 Å². The number of anilines is 1. The number of halogens is 1. The molecular formula is C4H5BrN4. The van der Waals surface area contributed by atoms with E-state index in [1.54, 1.807) is 18.3 Å². The Hall–Kier alpha value is -0.680. The van der Waals surface area contributed by atoms with Gasteiger partial charge in [-0.1, -0.05) is 0 Å². The van der Waals surface area contributed by atoms with E-state index in [1.807, 2.05) is 0 Å². The summed E-state index contributed by atoms with van der Waals surface area (Å²) in [7, 11) is 0. The van der Waals surface area contributed by atoms with Crippen molar-refractivity contribution in [1.29, 1.82) is 0 Å². The molecule has 4 nitrogen and oxygen atoms in total. The van der Waals surface area contributed by atoms with E-state index in [1.165, 1.54) is 0 Å². The summed E-state index contributed by atoms with van der Waals surface area (Å²) in [6, 6.07) is 3.58. The van der Waals surface area contributed by atoms with Gasteiger partial charge < -0.3 is 0 Å². The number of rotatable bonds is 2. The fraction of sp³-hybridized carbons (Fsp3) is 0. The average molecular weight is 189 g/mol. The predicted molar refractivity (Wildman–Crippen MR) is 37.7 cm³/mol. The quantitative estimate of drug-likeness (QED) is 0.531. The molecule has 1 heterocycles. The van der Waals surface area contributed by atoms with Crippen LogP contribution in [0.2, 0.25) is 0 Å². The highest BCUT2D eigenvalue weighted by Crippen LogP contribution is 1.94. The van der Waals surface area contributed by atoms with Gasteiger partial charge in [0, 0.05) is 22.3 Å². The molecule has 1 rings (SSSR count). The Balaban J connectivity index is 2.61. The van der Waals surface area contributed by atoms with E-state index < -0.39 is 0 Å². The molecule has 0 unspecified atom stereocenters. The van der Waals surface area contributed by atoms with Crippen LogP contribution in [0.5, 0.6) is 0 Å². The summed E-state index contributed by atoms with van der Waals surface area (Å²) >= 11 is 2.96. The lowest BCUT2D eigenvalue weighted by molar-refractivity contribution is 1.01. The predicted octanol–water partition coefficient (Wildman–Crippen LogP) is 0.703. The molecule has 1 aromatic rings. The van der Waals surface area contributed by atoms with Crippen LogP contribution >= 0.6 is 16.1 Å². The third-order valence-corrected chi connectivity index (χ3v) is 0.946. The van der Waals surface area contributed by atoms with Crippen molar-refractivity contribution in [3.63, 3.8) is 0 Å². The van der Waals surface area contributed by atoms with Gasteiger partial charge in [0.1, 0.15) is 0 Å². The fourth-order valence-electron chi connectivity index (χ4n) is 0.417. The monoisotopic (exact) mass is 188 g/mol. The molecule has 48 valence electrons. The minimum absolute atomic E-state index is 0.675. The number of hydrazine groups is 1. The molecule has 0 aliphatic heterocycles. The van der Waals surface area contributed by atoms with Crippen LogP contribution in [0.4, 0.5) is 5.82 Å². The van der Waals surface area contributed by atoms with Gasteiger partial charge >= 0.3 is 0 Å². The second kappa shape index (κ2) is 3.37. The summed E-state index contributed by atoms with van der Waals surface area (Å²) in [4.78, 5) is 0. The lowest BCUT2D eigenvalue weighted by Crippen LogP contribution is -2.09. The van der Waals surface area contributed by atoms with Crippen molar-refractivity contribution < 1.29 is 0 Å². The second-order valence-corrected chi connectivity index (χ2v) is 1.72. The second-order valence-electron chi connectivity index (χ2n) is 1.33. The molecule has 2 N–H and O–H groups in total. The van der Waals surface area contributed by atoms with Crippen LogP contribution in [0, 0.1) is 0 Å². The van der Waals surface area contributed by atoms with Crippen LogP contribution in [-0.4, -0.2) is 10.2 Å². The minimum Gasteiger partial charge on any atom is -0.294 e. The molecule has 9 heavy (non-hydrogen) atoms. The Bertz CT molecular complexity index is 165. The maximum Gasteiger partial charge on any atom is 0.163 e. The highest BCUT2D eigenvalue weighted by atomic mass is 79.9. The number of nitrogens with one attached hydrogen (secondary N) is 2. The summed E-state index contributed by atoms with van der Waals surface area (Å²) < 4.78 is 2.54. The first kappa shape index (κ1) is 6.44. The molecule has 0 fully saturated rings. The van der Waals surface area contributed by atoms with E-state index in [0.717, 1.165) is 0 Å². The third kappa shape index (κ3) is 1.95. The summed E-state index contributed by atoms with van der Waals surface area (Å²) in [5.74, 6) is 0.675. The summed E-state index contributed by atoms with van der Waals surface area (Å²) in [5, 5.41) is 7.34. The highest BCUT2D eigenvalue weighted by molar-refractivity contribution is 9.08. The molecule has 0 spiro atoms. The Labute approximate surface area is 61.0 Å². The number of nitrogens with zero attached hydrogens (tertiary/aromatic N) is 2. The first-order valence-corrected chi connectivity index (χ1v) is 3.12. The largest absolute Gasteiger partial charge is 0.294 e. The molecule has 0 aliphatic rings. The Morgan fingerprint density at radius 2 is 2.44 bits per heavy atom. The van der Waals surface area contributed by atoms with Gasteiger partial charge in [0.25, 0.3) is 0 Å². The molecule has 0 atom stereocenters. The van der Waals surface area contributed by atoms with Crippen molar-refractivity contribution in [1.82, 2.24) is 14.6 Å². The van der Waals surface area contributed by atoms with Crippen molar-refractivity contribution in [2.45, 2.75) is 0 Å². The standard InChI is InChI=1S/C4H5BrN4/c5-9-8-4-2-1-3-6-7-4/h1-3,9H,(H,7,8). The molecule has 0 aromatic carbocycles.